The summed E-state index contributed by atoms with van der Waals surface area (Å²) in [5, 5.41) is 5.49. The van der Waals surface area contributed by atoms with Crippen molar-refractivity contribution in [2.75, 3.05) is 6.79 Å². The first-order valence-electron chi connectivity index (χ1n) is 8.91. The molecule has 3 atom stereocenters. The van der Waals surface area contributed by atoms with Crippen LogP contribution < -0.4 is 20.1 Å². The van der Waals surface area contributed by atoms with Crippen molar-refractivity contribution in [3.63, 3.8) is 0 Å². The van der Waals surface area contributed by atoms with Crippen molar-refractivity contribution >= 4 is 12.0 Å². The molecule has 0 bridgehead atoms. The van der Waals surface area contributed by atoms with E-state index in [-0.39, 0.29) is 18.9 Å². The Morgan fingerprint density at radius 1 is 1.23 bits per heavy atom. The molecule has 7 nitrogen and oxygen atoms in total. The van der Waals surface area contributed by atoms with Gasteiger partial charge in [0.1, 0.15) is 6.10 Å². The van der Waals surface area contributed by atoms with Gasteiger partial charge in [0, 0.05) is 5.70 Å². The van der Waals surface area contributed by atoms with Crippen LogP contribution in [0.4, 0.5) is 4.79 Å². The minimum atomic E-state index is -0.595. The minimum absolute atomic E-state index is 0.0715. The van der Waals surface area contributed by atoms with E-state index in [1.165, 1.54) is 0 Å². The molecule has 3 aliphatic rings. The van der Waals surface area contributed by atoms with E-state index >= 15 is 0 Å². The highest BCUT2D eigenvalue weighted by molar-refractivity contribution is 5.95. The number of carbonyl (C=O) groups is 2. The molecule has 0 spiro atoms. The van der Waals surface area contributed by atoms with Crippen molar-refractivity contribution in [1.82, 2.24) is 10.6 Å². The predicted octanol–water partition coefficient (Wildman–Crippen LogP) is 2.78. The van der Waals surface area contributed by atoms with Crippen molar-refractivity contribution < 1.29 is 23.8 Å². The second-order valence-corrected chi connectivity index (χ2v) is 7.03. The van der Waals surface area contributed by atoms with Crippen LogP contribution in [0.25, 0.3) is 0 Å². The molecule has 1 aliphatic carbocycles. The van der Waals surface area contributed by atoms with Crippen LogP contribution >= 0.6 is 0 Å². The van der Waals surface area contributed by atoms with Crippen LogP contribution in [0.5, 0.6) is 11.5 Å². The summed E-state index contributed by atoms with van der Waals surface area (Å²) in [6, 6.07) is 4.45. The number of allylic oxidation sites excluding steroid dienone is 1. The molecule has 0 unspecified atom stereocenters. The normalized spacial score (nSPS) is 27.2. The van der Waals surface area contributed by atoms with Crippen LogP contribution in [0.2, 0.25) is 0 Å². The van der Waals surface area contributed by atoms with Gasteiger partial charge in [0.15, 0.2) is 11.5 Å². The molecule has 0 aromatic heterocycles. The van der Waals surface area contributed by atoms with Gasteiger partial charge < -0.3 is 24.8 Å². The summed E-state index contributed by atoms with van der Waals surface area (Å²) in [7, 11) is 0. The first kappa shape index (κ1) is 16.8. The first-order valence-corrected chi connectivity index (χ1v) is 8.91. The van der Waals surface area contributed by atoms with E-state index in [1.54, 1.807) is 19.1 Å². The van der Waals surface area contributed by atoms with Gasteiger partial charge in [-0.2, -0.15) is 0 Å². The zero-order chi connectivity index (χ0) is 18.3. The summed E-state index contributed by atoms with van der Waals surface area (Å²) in [5.41, 5.74) is 1.67. The van der Waals surface area contributed by atoms with E-state index in [4.69, 9.17) is 14.2 Å². The maximum Gasteiger partial charge on any atom is 0.338 e. The molecule has 26 heavy (non-hydrogen) atoms. The third kappa shape index (κ3) is 2.98. The number of amides is 2. The SMILES string of the molecule is CC1=C(C(=O)O[C@@H]2CCC[C@H]2C)[C@@H](c2ccc3c(c2)OCO3)NC(=O)N1. The number of hydrogen-bond acceptors (Lipinski definition) is 5. The fourth-order valence-electron chi connectivity index (χ4n) is 3.79. The van der Waals surface area contributed by atoms with Gasteiger partial charge in [-0.25, -0.2) is 9.59 Å². The number of hydrogen-bond donors (Lipinski definition) is 2. The highest BCUT2D eigenvalue weighted by Gasteiger charge is 2.35. The molecule has 0 saturated heterocycles. The smallest absolute Gasteiger partial charge is 0.338 e. The van der Waals surface area contributed by atoms with E-state index in [9.17, 15) is 9.59 Å². The standard InChI is InChI=1S/C19H22N2O5/c1-10-4-3-5-13(10)26-18(22)16-11(2)20-19(23)21-17(16)12-6-7-14-15(8-12)25-9-24-14/h6-8,10,13,17H,3-5,9H2,1-2H3,(H2,20,21,23)/t10-,13-,17-/m1/s1. The lowest BCUT2D eigenvalue weighted by molar-refractivity contribution is -0.146. The number of carbonyl (C=O) groups excluding carboxylic acids is 2. The van der Waals surface area contributed by atoms with Gasteiger partial charge in [0.2, 0.25) is 6.79 Å². The van der Waals surface area contributed by atoms with E-state index in [1.807, 2.05) is 6.07 Å². The van der Waals surface area contributed by atoms with Gasteiger partial charge in [-0.3, -0.25) is 0 Å². The Bertz CT molecular complexity index is 788. The number of ether oxygens (including phenoxy) is 3. The van der Waals surface area contributed by atoms with Gasteiger partial charge in [-0.1, -0.05) is 13.0 Å². The maximum absolute atomic E-state index is 12.9. The lowest BCUT2D eigenvalue weighted by Crippen LogP contribution is -2.45. The Labute approximate surface area is 151 Å². The third-order valence-corrected chi connectivity index (χ3v) is 5.26. The van der Waals surface area contributed by atoms with Gasteiger partial charge in [-0.15, -0.1) is 0 Å². The summed E-state index contributed by atoms with van der Waals surface area (Å²) >= 11 is 0. The number of benzene rings is 1. The molecule has 2 amide bonds. The molecule has 138 valence electrons. The molecule has 4 rings (SSSR count). The quantitative estimate of drug-likeness (QED) is 0.812. The third-order valence-electron chi connectivity index (χ3n) is 5.26. The van der Waals surface area contributed by atoms with Crippen molar-refractivity contribution in [1.29, 1.82) is 0 Å². The molecule has 2 aliphatic heterocycles. The van der Waals surface area contributed by atoms with Gasteiger partial charge in [-0.05, 0) is 49.8 Å². The second kappa shape index (κ2) is 6.55. The number of fused-ring (bicyclic) bond motifs is 1. The lowest BCUT2D eigenvalue weighted by atomic mass is 9.95. The highest BCUT2D eigenvalue weighted by atomic mass is 16.7. The average molecular weight is 358 g/mol. The Morgan fingerprint density at radius 2 is 2.04 bits per heavy atom. The molecule has 2 heterocycles. The molecule has 1 saturated carbocycles. The summed E-state index contributed by atoms with van der Waals surface area (Å²) in [5.74, 6) is 1.22. The Kier molecular flexibility index (Phi) is 4.22. The predicted molar refractivity (Wildman–Crippen MR) is 92.6 cm³/mol. The van der Waals surface area contributed by atoms with Gasteiger partial charge >= 0.3 is 12.0 Å². The zero-order valence-electron chi connectivity index (χ0n) is 14.8. The molecule has 0 radical (unpaired) electrons. The summed E-state index contributed by atoms with van der Waals surface area (Å²) in [6.45, 7) is 3.98. The van der Waals surface area contributed by atoms with Gasteiger partial charge in [0.25, 0.3) is 0 Å². The van der Waals surface area contributed by atoms with Crippen molar-refractivity contribution in [2.24, 2.45) is 5.92 Å². The zero-order valence-corrected chi connectivity index (χ0v) is 14.8. The average Bonchev–Trinajstić information content (AvgIpc) is 3.22. The highest BCUT2D eigenvalue weighted by Crippen LogP contribution is 2.37. The number of rotatable bonds is 3. The largest absolute Gasteiger partial charge is 0.459 e. The van der Waals surface area contributed by atoms with Crippen LogP contribution in [0, 0.1) is 5.92 Å². The summed E-state index contributed by atoms with van der Waals surface area (Å²) < 4.78 is 16.5. The van der Waals surface area contributed by atoms with E-state index in [0.717, 1.165) is 24.8 Å². The minimum Gasteiger partial charge on any atom is -0.459 e. The second-order valence-electron chi connectivity index (χ2n) is 7.03. The Balaban J connectivity index is 1.64. The van der Waals surface area contributed by atoms with Crippen LogP contribution in [-0.2, 0) is 9.53 Å². The molecule has 1 aromatic rings. The van der Waals surface area contributed by atoms with Crippen LogP contribution in [-0.4, -0.2) is 24.9 Å². The Hall–Kier alpha value is -2.70. The van der Waals surface area contributed by atoms with Crippen molar-refractivity contribution in [3.8, 4) is 11.5 Å². The Morgan fingerprint density at radius 3 is 2.81 bits per heavy atom. The fourth-order valence-corrected chi connectivity index (χ4v) is 3.79. The molecular weight excluding hydrogens is 336 g/mol. The van der Waals surface area contributed by atoms with Crippen LogP contribution in [0.15, 0.2) is 29.5 Å². The molecular formula is C19H22N2O5. The van der Waals surface area contributed by atoms with Crippen LogP contribution in [0.1, 0.15) is 44.7 Å². The van der Waals surface area contributed by atoms with E-state index in [2.05, 4.69) is 17.6 Å². The van der Waals surface area contributed by atoms with Crippen molar-refractivity contribution in [3.05, 3.63) is 35.0 Å². The number of urea groups is 1. The monoisotopic (exact) mass is 358 g/mol. The number of nitrogens with one attached hydrogen (secondary N) is 2. The van der Waals surface area contributed by atoms with E-state index < -0.39 is 12.0 Å². The molecule has 1 aromatic carbocycles. The lowest BCUT2D eigenvalue weighted by Gasteiger charge is -2.29. The topological polar surface area (TPSA) is 85.9 Å². The van der Waals surface area contributed by atoms with Gasteiger partial charge in [0.05, 0.1) is 11.6 Å². The maximum atomic E-state index is 12.9. The van der Waals surface area contributed by atoms with E-state index in [0.29, 0.717) is 28.7 Å². The first-order chi connectivity index (χ1) is 12.5. The summed E-state index contributed by atoms with van der Waals surface area (Å²) in [4.78, 5) is 24.9. The molecule has 1 fully saturated rings. The van der Waals surface area contributed by atoms with Crippen molar-refractivity contribution in [2.45, 2.75) is 45.3 Å². The summed E-state index contributed by atoms with van der Waals surface area (Å²) in [6.07, 6.45) is 2.94. The number of esters is 1. The fraction of sp³-hybridized carbons (Fsp3) is 0.474. The van der Waals surface area contributed by atoms with Crippen LogP contribution in [0.3, 0.4) is 0 Å². The molecule has 7 heteroatoms. The molecule has 2 N–H and O–H groups in total.